The zero-order chi connectivity index (χ0) is 16.9. The lowest BCUT2D eigenvalue weighted by molar-refractivity contribution is -0.138. The SMILES string of the molecule is O=C(C1CCCCC1)N1CCC(CN2C[C@H](O)CC[C@@H]2CO)CC1. The van der Waals surface area contributed by atoms with Gasteiger partial charge in [-0.05, 0) is 44.4 Å². The molecule has 138 valence electrons. The van der Waals surface area contributed by atoms with Crippen molar-refractivity contribution in [3.05, 3.63) is 0 Å². The van der Waals surface area contributed by atoms with E-state index in [9.17, 15) is 15.0 Å². The molecule has 1 aliphatic carbocycles. The Balaban J connectivity index is 1.45. The third kappa shape index (κ3) is 4.50. The molecule has 0 spiro atoms. The molecule has 0 aromatic carbocycles. The third-order valence-corrected chi connectivity index (χ3v) is 6.38. The molecule has 2 N–H and O–H groups in total. The molecule has 3 rings (SSSR count). The fourth-order valence-corrected chi connectivity index (χ4v) is 4.78. The van der Waals surface area contributed by atoms with Crippen LogP contribution in [-0.4, -0.2) is 70.9 Å². The second-order valence-electron chi connectivity index (χ2n) is 8.13. The molecule has 0 bridgehead atoms. The maximum absolute atomic E-state index is 12.6. The van der Waals surface area contributed by atoms with Crippen molar-refractivity contribution in [1.82, 2.24) is 9.80 Å². The molecule has 5 heteroatoms. The standard InChI is InChI=1S/C19H34N2O3/c22-14-17-6-7-18(23)13-21(17)12-15-8-10-20(11-9-15)19(24)16-4-2-1-3-5-16/h15-18,22-23H,1-14H2/t17-,18-/m1/s1. The fraction of sp³-hybridized carbons (Fsp3) is 0.947. The summed E-state index contributed by atoms with van der Waals surface area (Å²) in [5.74, 6) is 1.26. The van der Waals surface area contributed by atoms with Crippen LogP contribution in [0.5, 0.6) is 0 Å². The number of carbonyl (C=O) groups is 1. The Morgan fingerprint density at radius 2 is 1.67 bits per heavy atom. The van der Waals surface area contributed by atoms with Crippen LogP contribution in [0, 0.1) is 11.8 Å². The van der Waals surface area contributed by atoms with Gasteiger partial charge < -0.3 is 15.1 Å². The van der Waals surface area contributed by atoms with E-state index in [0.29, 0.717) is 18.4 Å². The third-order valence-electron chi connectivity index (χ3n) is 6.38. The Hall–Kier alpha value is -0.650. The highest BCUT2D eigenvalue weighted by Gasteiger charge is 2.32. The first-order valence-corrected chi connectivity index (χ1v) is 9.99. The van der Waals surface area contributed by atoms with E-state index in [1.54, 1.807) is 0 Å². The molecule has 3 fully saturated rings. The highest BCUT2D eigenvalue weighted by atomic mass is 16.3. The highest BCUT2D eigenvalue weighted by molar-refractivity contribution is 5.79. The molecule has 0 radical (unpaired) electrons. The van der Waals surface area contributed by atoms with E-state index in [2.05, 4.69) is 9.80 Å². The summed E-state index contributed by atoms with van der Waals surface area (Å²) < 4.78 is 0. The van der Waals surface area contributed by atoms with E-state index < -0.39 is 0 Å². The number of hydrogen-bond donors (Lipinski definition) is 2. The van der Waals surface area contributed by atoms with Crippen LogP contribution in [0.1, 0.15) is 57.8 Å². The molecule has 0 aromatic rings. The maximum Gasteiger partial charge on any atom is 0.225 e. The van der Waals surface area contributed by atoms with Crippen LogP contribution in [0.2, 0.25) is 0 Å². The largest absolute Gasteiger partial charge is 0.395 e. The van der Waals surface area contributed by atoms with Crippen LogP contribution in [0.15, 0.2) is 0 Å². The summed E-state index contributed by atoms with van der Waals surface area (Å²) in [6.07, 6.45) is 9.45. The summed E-state index contributed by atoms with van der Waals surface area (Å²) in [6, 6.07) is 0.204. The second-order valence-corrected chi connectivity index (χ2v) is 8.13. The lowest BCUT2D eigenvalue weighted by atomic mass is 9.87. The van der Waals surface area contributed by atoms with Crippen molar-refractivity contribution in [2.75, 3.05) is 32.8 Å². The normalized spacial score (nSPS) is 31.3. The van der Waals surface area contributed by atoms with Crippen LogP contribution < -0.4 is 0 Å². The van der Waals surface area contributed by atoms with Crippen molar-refractivity contribution >= 4 is 5.91 Å². The van der Waals surface area contributed by atoms with Gasteiger partial charge in [-0.1, -0.05) is 19.3 Å². The van der Waals surface area contributed by atoms with Gasteiger partial charge in [0.2, 0.25) is 5.91 Å². The number of aliphatic hydroxyl groups excluding tert-OH is 2. The average Bonchev–Trinajstić information content (AvgIpc) is 2.63. The zero-order valence-electron chi connectivity index (χ0n) is 14.9. The zero-order valence-corrected chi connectivity index (χ0v) is 14.9. The summed E-state index contributed by atoms with van der Waals surface area (Å²) in [5.41, 5.74) is 0. The van der Waals surface area contributed by atoms with Gasteiger partial charge in [0.1, 0.15) is 0 Å². The predicted octanol–water partition coefficient (Wildman–Crippen LogP) is 1.62. The summed E-state index contributed by atoms with van der Waals surface area (Å²) in [7, 11) is 0. The minimum absolute atomic E-state index is 0.186. The lowest BCUT2D eigenvalue weighted by Gasteiger charge is -2.41. The Morgan fingerprint density at radius 1 is 0.958 bits per heavy atom. The van der Waals surface area contributed by atoms with E-state index in [1.165, 1.54) is 19.3 Å². The van der Waals surface area contributed by atoms with E-state index in [1.807, 2.05) is 0 Å². The number of aliphatic hydroxyl groups is 2. The molecule has 0 aromatic heterocycles. The summed E-state index contributed by atoms with van der Waals surface area (Å²) in [4.78, 5) is 17.0. The molecular weight excluding hydrogens is 304 g/mol. The predicted molar refractivity (Wildman–Crippen MR) is 93.6 cm³/mol. The Morgan fingerprint density at radius 3 is 2.33 bits per heavy atom. The fourth-order valence-electron chi connectivity index (χ4n) is 4.78. The van der Waals surface area contributed by atoms with Gasteiger partial charge in [-0.25, -0.2) is 0 Å². The highest BCUT2D eigenvalue weighted by Crippen LogP contribution is 2.28. The van der Waals surface area contributed by atoms with Gasteiger partial charge in [0.25, 0.3) is 0 Å². The van der Waals surface area contributed by atoms with Gasteiger partial charge >= 0.3 is 0 Å². The molecule has 0 unspecified atom stereocenters. The van der Waals surface area contributed by atoms with Gasteiger partial charge in [0.05, 0.1) is 12.7 Å². The monoisotopic (exact) mass is 338 g/mol. The average molecular weight is 338 g/mol. The molecule has 2 saturated heterocycles. The van der Waals surface area contributed by atoms with Gasteiger partial charge in [-0.15, -0.1) is 0 Å². The van der Waals surface area contributed by atoms with Gasteiger partial charge in [0, 0.05) is 38.1 Å². The van der Waals surface area contributed by atoms with Gasteiger partial charge in [-0.3, -0.25) is 9.69 Å². The van der Waals surface area contributed by atoms with Crippen molar-refractivity contribution in [3.63, 3.8) is 0 Å². The lowest BCUT2D eigenvalue weighted by Crippen LogP contribution is -2.50. The Kier molecular flexibility index (Phi) is 6.53. The van der Waals surface area contributed by atoms with Crippen LogP contribution in [-0.2, 0) is 4.79 Å². The number of piperidine rings is 2. The van der Waals surface area contributed by atoms with Crippen LogP contribution in [0.3, 0.4) is 0 Å². The molecule has 1 amide bonds. The van der Waals surface area contributed by atoms with Crippen LogP contribution in [0.25, 0.3) is 0 Å². The number of nitrogens with zero attached hydrogens (tertiary/aromatic N) is 2. The molecule has 24 heavy (non-hydrogen) atoms. The number of hydrogen-bond acceptors (Lipinski definition) is 4. The number of likely N-dealkylation sites (tertiary alicyclic amines) is 2. The molecule has 2 heterocycles. The number of β-amino-alcohol motifs (C(OH)–C–C–N with tert-alkyl or cyclic N) is 1. The van der Waals surface area contributed by atoms with Gasteiger partial charge in [0.15, 0.2) is 0 Å². The van der Waals surface area contributed by atoms with E-state index in [-0.39, 0.29) is 24.7 Å². The van der Waals surface area contributed by atoms with Gasteiger partial charge in [-0.2, -0.15) is 0 Å². The molecular formula is C19H34N2O3. The Bertz CT molecular complexity index is 403. The smallest absolute Gasteiger partial charge is 0.225 e. The van der Waals surface area contributed by atoms with Crippen molar-refractivity contribution < 1.29 is 15.0 Å². The molecule has 5 nitrogen and oxygen atoms in total. The first kappa shape index (κ1) is 18.2. The van der Waals surface area contributed by atoms with Crippen molar-refractivity contribution in [1.29, 1.82) is 0 Å². The molecule has 2 atom stereocenters. The summed E-state index contributed by atoms with van der Waals surface area (Å²) in [5, 5.41) is 19.5. The molecule has 2 aliphatic heterocycles. The van der Waals surface area contributed by atoms with E-state index in [4.69, 9.17) is 0 Å². The molecule has 1 saturated carbocycles. The topological polar surface area (TPSA) is 64.0 Å². The van der Waals surface area contributed by atoms with Crippen molar-refractivity contribution in [3.8, 4) is 0 Å². The molecule has 3 aliphatic rings. The van der Waals surface area contributed by atoms with E-state index >= 15 is 0 Å². The van der Waals surface area contributed by atoms with Crippen molar-refractivity contribution in [2.45, 2.75) is 69.9 Å². The minimum atomic E-state index is -0.249. The Labute approximate surface area is 146 Å². The van der Waals surface area contributed by atoms with Crippen molar-refractivity contribution in [2.24, 2.45) is 11.8 Å². The first-order chi connectivity index (χ1) is 11.7. The van der Waals surface area contributed by atoms with Crippen LogP contribution in [0.4, 0.5) is 0 Å². The number of rotatable bonds is 4. The number of amides is 1. The van der Waals surface area contributed by atoms with Crippen LogP contribution >= 0.6 is 0 Å². The maximum atomic E-state index is 12.6. The first-order valence-electron chi connectivity index (χ1n) is 9.99. The van der Waals surface area contributed by atoms with E-state index in [0.717, 1.165) is 58.2 Å². The minimum Gasteiger partial charge on any atom is -0.395 e. The summed E-state index contributed by atoms with van der Waals surface area (Å²) in [6.45, 7) is 3.60. The number of carbonyl (C=O) groups excluding carboxylic acids is 1. The summed E-state index contributed by atoms with van der Waals surface area (Å²) >= 11 is 0. The quantitative estimate of drug-likeness (QED) is 0.818. The second kappa shape index (κ2) is 8.63.